The van der Waals surface area contributed by atoms with E-state index in [0.29, 0.717) is 60.8 Å². The summed E-state index contributed by atoms with van der Waals surface area (Å²) in [6.45, 7) is 14.7. The number of hydrogen-bond acceptors (Lipinski definition) is 10. The number of ketones is 1. The summed E-state index contributed by atoms with van der Waals surface area (Å²) in [5.41, 5.74) is 7.07. The number of hydrogen-bond donors (Lipinski definition) is 1. The van der Waals surface area contributed by atoms with Crippen molar-refractivity contribution in [3.8, 4) is 22.6 Å². The first kappa shape index (κ1) is 51.6. The molecule has 0 unspecified atom stereocenters. The minimum Gasteiger partial charge on any atom is -0.508 e. The van der Waals surface area contributed by atoms with E-state index in [1.165, 1.54) is 0 Å². The van der Waals surface area contributed by atoms with Gasteiger partial charge in [-0.3, -0.25) is 19.2 Å². The zero-order valence-electron chi connectivity index (χ0n) is 41.2. The van der Waals surface area contributed by atoms with Crippen LogP contribution in [0.5, 0.6) is 11.5 Å². The molecular weight excluding hydrogens is 908 g/mol. The third-order valence-electron chi connectivity index (χ3n) is 14.5. The lowest BCUT2D eigenvalue weighted by Crippen LogP contribution is -2.42. The molecular formula is C56H69ClN2O9Si. The average molecular weight is 978 g/mol. The van der Waals surface area contributed by atoms with E-state index in [2.05, 4.69) is 38.8 Å². The highest BCUT2D eigenvalue weighted by molar-refractivity contribution is 6.74. The van der Waals surface area contributed by atoms with Gasteiger partial charge in [-0.25, -0.2) is 0 Å². The predicted octanol–water partition coefficient (Wildman–Crippen LogP) is 10.5. The second-order valence-electron chi connectivity index (χ2n) is 20.4. The number of carbonyl (C=O) groups is 4. The number of likely N-dealkylation sites (tertiary alicyclic amines) is 2. The maximum atomic E-state index is 13.2. The molecule has 69 heavy (non-hydrogen) atoms. The van der Waals surface area contributed by atoms with Crippen molar-refractivity contribution in [2.75, 3.05) is 46.4 Å². The number of aromatic hydroxyl groups is 1. The molecule has 0 aromatic heterocycles. The molecule has 2 heterocycles. The van der Waals surface area contributed by atoms with Crippen molar-refractivity contribution >= 4 is 49.6 Å². The van der Waals surface area contributed by atoms with Gasteiger partial charge in [-0.1, -0.05) is 99.1 Å². The number of phenolic OH excluding ortho intramolecular Hbond substituents is 1. The lowest BCUT2D eigenvalue weighted by atomic mass is 9.88. The number of rotatable bonds is 19. The van der Waals surface area contributed by atoms with Crippen LogP contribution in [0.1, 0.15) is 98.8 Å². The van der Waals surface area contributed by atoms with E-state index in [-0.39, 0.29) is 78.4 Å². The largest absolute Gasteiger partial charge is 0.508 e. The molecule has 2 saturated heterocycles. The highest BCUT2D eigenvalue weighted by Gasteiger charge is 2.40. The number of allylic oxidation sites excluding steroid dienone is 1. The number of aryl methyl sites for hydroxylation is 1. The number of fused-ring (bicyclic) bond motifs is 1. The van der Waals surface area contributed by atoms with Gasteiger partial charge in [0.1, 0.15) is 17.6 Å². The normalized spacial score (nSPS) is 17.1. The molecule has 368 valence electrons. The zero-order chi connectivity index (χ0) is 49.3. The molecule has 1 aliphatic carbocycles. The highest BCUT2D eigenvalue weighted by Crippen LogP contribution is 2.44. The molecule has 2 atom stereocenters. The summed E-state index contributed by atoms with van der Waals surface area (Å²) >= 11 is 6.82. The van der Waals surface area contributed by atoms with Gasteiger partial charge in [-0.2, -0.15) is 0 Å². The summed E-state index contributed by atoms with van der Waals surface area (Å²) in [6.07, 6.45) is 8.12. The van der Waals surface area contributed by atoms with Crippen molar-refractivity contribution in [3.63, 3.8) is 0 Å². The van der Waals surface area contributed by atoms with E-state index in [4.69, 9.17) is 30.2 Å². The molecule has 0 saturated carbocycles. The summed E-state index contributed by atoms with van der Waals surface area (Å²) < 4.78 is 24.5. The van der Waals surface area contributed by atoms with Gasteiger partial charge >= 0.3 is 11.9 Å². The molecule has 1 N–H and O–H groups in total. The van der Waals surface area contributed by atoms with Gasteiger partial charge in [0.15, 0.2) is 14.1 Å². The highest BCUT2D eigenvalue weighted by atomic mass is 35.5. The van der Waals surface area contributed by atoms with Gasteiger partial charge in [0, 0.05) is 62.1 Å². The Labute approximate surface area is 414 Å². The Morgan fingerprint density at radius 1 is 0.870 bits per heavy atom. The Balaban J connectivity index is 0.835. The van der Waals surface area contributed by atoms with Crippen LogP contribution in [0.3, 0.4) is 0 Å². The second kappa shape index (κ2) is 23.1. The van der Waals surface area contributed by atoms with Gasteiger partial charge in [0.25, 0.3) is 0 Å². The number of nitrogens with zero attached hydrogens (tertiary/aromatic N) is 2. The molecule has 2 aliphatic heterocycles. The summed E-state index contributed by atoms with van der Waals surface area (Å²) in [5.74, 6) is 0.276. The molecule has 2 fully saturated rings. The average Bonchev–Trinajstić information content (AvgIpc) is 3.81. The van der Waals surface area contributed by atoms with Crippen LogP contribution >= 0.6 is 11.6 Å². The van der Waals surface area contributed by atoms with E-state index in [9.17, 15) is 24.3 Å². The molecule has 7 rings (SSSR count). The number of amides is 1. The second-order valence-corrected chi connectivity index (χ2v) is 25.6. The Hall–Kier alpha value is -5.27. The van der Waals surface area contributed by atoms with Gasteiger partial charge in [-0.15, -0.1) is 0 Å². The van der Waals surface area contributed by atoms with E-state index >= 15 is 0 Å². The summed E-state index contributed by atoms with van der Waals surface area (Å²) in [7, 11) is -0.620. The van der Waals surface area contributed by atoms with Crippen LogP contribution in [0, 0.1) is 5.92 Å². The fraction of sp³-hybridized carbons (Fsp3) is 0.464. The summed E-state index contributed by atoms with van der Waals surface area (Å²) in [5, 5.41) is 11.1. The van der Waals surface area contributed by atoms with E-state index < -0.39 is 8.32 Å². The molecule has 4 aromatic carbocycles. The maximum Gasteiger partial charge on any atom is 0.310 e. The van der Waals surface area contributed by atoms with Gasteiger partial charge in [0.2, 0.25) is 5.91 Å². The number of ether oxygens (including phenoxy) is 3. The quantitative estimate of drug-likeness (QED) is 0.0715. The lowest BCUT2D eigenvalue weighted by molar-refractivity contribution is -0.150. The monoisotopic (exact) mass is 976 g/mol. The maximum absolute atomic E-state index is 13.2. The molecule has 0 spiro atoms. The standard InChI is InChI=1S/C56H69ClN2O9Si/c1-56(2,3)69(5,6)68-51(47-21-22-50(61)48-35-43(60)19-20-46(47)48)18-12-16-41-31-49(57)42(32-52(41)65-4)34-54(63)66-37-38-23-30-59(36-38)53(62)26-29-58-27-24-44(25-28-58)67-55(64)33-40-15-10-11-17-45(40)39-13-8-7-9-14-39/h7-11,13-15,17,19-22,31-32,38,44,51,61H,12,16,18,23-30,33-37H2,1-6H3/t38-,51-/m0/s1. The summed E-state index contributed by atoms with van der Waals surface area (Å²) in [4.78, 5) is 55.8. The van der Waals surface area contributed by atoms with E-state index in [1.54, 1.807) is 25.3 Å². The number of piperidine rings is 1. The fourth-order valence-electron chi connectivity index (χ4n) is 9.42. The van der Waals surface area contributed by atoms with Crippen LogP contribution in [0.15, 0.2) is 84.9 Å². The predicted molar refractivity (Wildman–Crippen MR) is 273 cm³/mol. The third kappa shape index (κ3) is 13.5. The van der Waals surface area contributed by atoms with Crippen LogP contribution < -0.4 is 4.74 Å². The first-order valence-electron chi connectivity index (χ1n) is 24.5. The first-order valence-corrected chi connectivity index (χ1v) is 27.8. The Bertz CT molecular complexity index is 2490. The van der Waals surface area contributed by atoms with Crippen molar-refractivity contribution in [3.05, 3.63) is 123 Å². The molecule has 1 amide bonds. The lowest BCUT2D eigenvalue weighted by Gasteiger charge is -2.40. The topological polar surface area (TPSA) is 132 Å². The third-order valence-corrected chi connectivity index (χ3v) is 19.3. The van der Waals surface area contributed by atoms with E-state index in [1.807, 2.05) is 77.7 Å². The molecule has 3 aliphatic rings. The Morgan fingerprint density at radius 3 is 2.33 bits per heavy atom. The van der Waals surface area contributed by atoms with Gasteiger partial charge < -0.3 is 33.5 Å². The SMILES string of the molecule is COc1cc(CC(=O)OC[C@H]2CCN(C(=O)CCN3CCC(OC(=O)Cc4ccccc4-c4ccccc4)CC3)C2)c(Cl)cc1CCC[C@H](O[Si](C)(C)C(C)(C)C)c1ccc(O)c2c1C=CC(=O)C2. The zero-order valence-corrected chi connectivity index (χ0v) is 42.9. The van der Waals surface area contributed by atoms with Crippen LogP contribution in [0.4, 0.5) is 0 Å². The molecule has 4 aromatic rings. The van der Waals surface area contributed by atoms with Crippen molar-refractivity contribution in [2.45, 2.75) is 115 Å². The number of phenols is 1. The van der Waals surface area contributed by atoms with Crippen molar-refractivity contribution < 1.29 is 42.9 Å². The van der Waals surface area contributed by atoms with E-state index in [0.717, 1.165) is 72.2 Å². The fourth-order valence-corrected chi connectivity index (χ4v) is 11.0. The number of methoxy groups -OCH3 is 1. The van der Waals surface area contributed by atoms with Crippen molar-refractivity contribution in [2.24, 2.45) is 5.92 Å². The number of carbonyl (C=O) groups excluding carboxylic acids is 4. The smallest absolute Gasteiger partial charge is 0.310 e. The van der Waals surface area contributed by atoms with Crippen LogP contribution in [-0.4, -0.2) is 99.4 Å². The van der Waals surface area contributed by atoms with Crippen LogP contribution in [-0.2, 0) is 58.8 Å². The molecule has 0 bridgehead atoms. The minimum atomic E-state index is -2.23. The van der Waals surface area contributed by atoms with Gasteiger partial charge in [-0.05, 0) is 120 Å². The Morgan fingerprint density at radius 2 is 1.59 bits per heavy atom. The Kier molecular flexibility index (Phi) is 17.3. The van der Waals surface area contributed by atoms with Crippen LogP contribution in [0.25, 0.3) is 17.2 Å². The summed E-state index contributed by atoms with van der Waals surface area (Å²) in [6, 6.07) is 25.3. The van der Waals surface area contributed by atoms with Crippen molar-refractivity contribution in [1.29, 1.82) is 0 Å². The van der Waals surface area contributed by atoms with Crippen LogP contribution in [0.2, 0.25) is 23.2 Å². The van der Waals surface area contributed by atoms with Crippen molar-refractivity contribution in [1.82, 2.24) is 9.80 Å². The van der Waals surface area contributed by atoms with Gasteiger partial charge in [0.05, 0.1) is 32.7 Å². The molecule has 0 radical (unpaired) electrons. The molecule has 11 nitrogen and oxygen atoms in total. The number of halogens is 1. The minimum absolute atomic E-state index is 0.00659. The number of esters is 2. The number of benzene rings is 4. The first-order chi connectivity index (χ1) is 33.0. The molecule has 13 heteroatoms.